The predicted molar refractivity (Wildman–Crippen MR) is 149 cm³/mol. The minimum atomic E-state index is -3.74. The summed E-state index contributed by atoms with van der Waals surface area (Å²) in [6, 6.07) is 20.5. The molecular weight excluding hydrogens is 496 g/mol. The number of anilines is 2. The van der Waals surface area contributed by atoms with Gasteiger partial charge in [0.2, 0.25) is 0 Å². The van der Waals surface area contributed by atoms with Gasteiger partial charge in [0.1, 0.15) is 6.10 Å². The van der Waals surface area contributed by atoms with Crippen molar-refractivity contribution < 1.29 is 17.9 Å². The van der Waals surface area contributed by atoms with Crippen molar-refractivity contribution in [2.45, 2.75) is 45.6 Å². The van der Waals surface area contributed by atoms with Gasteiger partial charge >= 0.3 is 6.09 Å². The number of hydrogen-bond acceptors (Lipinski definition) is 5. The third kappa shape index (κ3) is 8.00. The number of nitrogens with zero attached hydrogens (tertiary/aromatic N) is 1. The fraction of sp³-hybridized carbons (Fsp3) is 0.321. The van der Waals surface area contributed by atoms with E-state index in [1.54, 1.807) is 24.3 Å². The number of ether oxygens (including phenoxy) is 1. The van der Waals surface area contributed by atoms with Crippen molar-refractivity contribution >= 4 is 38.9 Å². The molecule has 36 heavy (non-hydrogen) atoms. The fourth-order valence-corrected chi connectivity index (χ4v) is 5.17. The maximum Gasteiger partial charge on any atom is 0.412 e. The van der Waals surface area contributed by atoms with E-state index >= 15 is 0 Å². The summed E-state index contributed by atoms with van der Waals surface area (Å²) in [7, 11) is -3.74. The normalized spacial score (nSPS) is 11.6. The topological polar surface area (TPSA) is 75.7 Å². The molecule has 1 atom stereocenters. The molecule has 0 aliphatic carbocycles. The Kier molecular flexibility index (Phi) is 11.3. The fourth-order valence-electron chi connectivity index (χ4n) is 3.65. The molecule has 0 spiro atoms. The molecule has 3 rings (SSSR count). The molecule has 194 valence electrons. The van der Waals surface area contributed by atoms with Crippen LogP contribution in [0, 0.1) is 6.92 Å². The van der Waals surface area contributed by atoms with Gasteiger partial charge in [-0.3, -0.25) is 5.32 Å². The molecule has 0 saturated carbocycles. The van der Waals surface area contributed by atoms with Crippen molar-refractivity contribution in [3.63, 3.8) is 0 Å². The summed E-state index contributed by atoms with van der Waals surface area (Å²) in [6.45, 7) is 11.8. The lowest BCUT2D eigenvalue weighted by atomic mass is 10.1. The van der Waals surface area contributed by atoms with Crippen LogP contribution in [-0.2, 0) is 14.6 Å². The van der Waals surface area contributed by atoms with Crippen LogP contribution >= 0.6 is 11.6 Å². The van der Waals surface area contributed by atoms with E-state index in [4.69, 9.17) is 16.3 Å². The molecule has 1 N–H and O–H groups in total. The molecule has 0 bridgehead atoms. The molecule has 8 heteroatoms. The highest BCUT2D eigenvalue weighted by Gasteiger charge is 2.26. The zero-order chi connectivity index (χ0) is 26.7. The number of amides is 1. The lowest BCUT2D eigenvalue weighted by molar-refractivity contribution is 0.122. The van der Waals surface area contributed by atoms with E-state index in [0.717, 1.165) is 24.3 Å². The average molecular weight is 531 g/mol. The zero-order valence-electron chi connectivity index (χ0n) is 21.5. The Labute approximate surface area is 220 Å². The Morgan fingerprint density at radius 2 is 1.58 bits per heavy atom. The molecule has 0 aromatic heterocycles. The molecule has 1 amide bonds. The Morgan fingerprint density at radius 1 is 0.972 bits per heavy atom. The first-order chi connectivity index (χ1) is 17.2. The average Bonchev–Trinajstić information content (AvgIpc) is 2.88. The van der Waals surface area contributed by atoms with E-state index in [9.17, 15) is 13.2 Å². The number of aryl methyl sites for hydroxylation is 1. The van der Waals surface area contributed by atoms with Gasteiger partial charge < -0.3 is 9.64 Å². The third-order valence-electron chi connectivity index (χ3n) is 5.54. The summed E-state index contributed by atoms with van der Waals surface area (Å²) in [6.07, 6.45) is -1.71. The van der Waals surface area contributed by atoms with Crippen molar-refractivity contribution in [3.8, 4) is 0 Å². The van der Waals surface area contributed by atoms with Crippen molar-refractivity contribution in [1.82, 2.24) is 0 Å². The molecule has 3 aromatic rings. The number of carbonyl (C=O) groups is 1. The number of hydrogen-bond donors (Lipinski definition) is 1. The van der Waals surface area contributed by atoms with Crippen molar-refractivity contribution in [2.24, 2.45) is 0 Å². The van der Waals surface area contributed by atoms with Crippen LogP contribution in [0.4, 0.5) is 16.2 Å². The first-order valence-electron chi connectivity index (χ1n) is 12.1. The van der Waals surface area contributed by atoms with Crippen molar-refractivity contribution in [1.29, 1.82) is 0 Å². The van der Waals surface area contributed by atoms with Crippen LogP contribution in [0.1, 0.15) is 44.9 Å². The van der Waals surface area contributed by atoms with E-state index in [2.05, 4.69) is 24.1 Å². The van der Waals surface area contributed by atoms with Gasteiger partial charge in [0.05, 0.1) is 10.6 Å². The third-order valence-corrected chi connectivity index (χ3v) is 7.52. The van der Waals surface area contributed by atoms with E-state index in [1.165, 1.54) is 24.3 Å². The maximum absolute atomic E-state index is 13.0. The summed E-state index contributed by atoms with van der Waals surface area (Å²) in [4.78, 5) is 15.1. The number of benzene rings is 3. The van der Waals surface area contributed by atoms with Crippen molar-refractivity contribution in [3.05, 3.63) is 88.9 Å². The summed E-state index contributed by atoms with van der Waals surface area (Å²) in [5, 5.41) is 3.19. The summed E-state index contributed by atoms with van der Waals surface area (Å²) in [5.74, 6) is -0.397. The smallest absolute Gasteiger partial charge is 0.412 e. The monoisotopic (exact) mass is 530 g/mol. The van der Waals surface area contributed by atoms with E-state index < -0.39 is 27.8 Å². The van der Waals surface area contributed by atoms with Gasteiger partial charge in [-0.2, -0.15) is 0 Å². The Bertz CT molecular complexity index is 1210. The van der Waals surface area contributed by atoms with Crippen molar-refractivity contribution in [2.75, 3.05) is 29.1 Å². The first-order valence-corrected chi connectivity index (χ1v) is 14.1. The van der Waals surface area contributed by atoms with Gasteiger partial charge in [-0.15, -0.1) is 0 Å². The van der Waals surface area contributed by atoms with Gasteiger partial charge in [0.25, 0.3) is 0 Å². The lowest BCUT2D eigenvalue weighted by Crippen LogP contribution is -2.24. The number of carbonyl (C=O) groups excluding carboxylic acids is 1. The lowest BCUT2D eigenvalue weighted by Gasteiger charge is -2.23. The highest BCUT2D eigenvalue weighted by atomic mass is 35.5. The molecule has 1 unspecified atom stereocenters. The molecule has 0 radical (unpaired) electrons. The van der Waals surface area contributed by atoms with Crippen LogP contribution in [-0.4, -0.2) is 33.4 Å². The summed E-state index contributed by atoms with van der Waals surface area (Å²) in [5.41, 5.74) is 3.14. The van der Waals surface area contributed by atoms with Crippen LogP contribution in [0.15, 0.2) is 77.7 Å². The predicted octanol–water partition coefficient (Wildman–Crippen LogP) is 7.28. The van der Waals surface area contributed by atoms with Crippen LogP contribution in [0.25, 0.3) is 0 Å². The molecule has 3 aromatic carbocycles. The molecule has 0 fully saturated rings. The molecular formula is C28H35ClN2O4S. The number of halogens is 1. The molecule has 0 heterocycles. The standard InChI is InChI=1S/C26H29ClN2O4S.C2H6/c1-4-29(5-2)22-13-16-24(19(3)17-22)28-26(30)33-25(20-9-7-6-8-10-20)18-34(31,32)23-14-11-21(27)12-15-23;1-2/h6-17,25H,4-5,18H2,1-3H3,(H,28,30);1-2H3. The van der Waals surface area contributed by atoms with Gasteiger partial charge in [-0.25, -0.2) is 13.2 Å². The Hall–Kier alpha value is -3.03. The van der Waals surface area contributed by atoms with Crippen LogP contribution < -0.4 is 10.2 Å². The largest absolute Gasteiger partial charge is 0.440 e. The van der Waals surface area contributed by atoms with Crippen LogP contribution in [0.5, 0.6) is 0 Å². The number of sulfone groups is 1. The van der Waals surface area contributed by atoms with E-state index in [0.29, 0.717) is 16.3 Å². The second kappa shape index (κ2) is 13.9. The minimum Gasteiger partial charge on any atom is -0.440 e. The number of nitrogens with one attached hydrogen (secondary N) is 1. The van der Waals surface area contributed by atoms with Gasteiger partial charge in [0, 0.05) is 29.5 Å². The zero-order valence-corrected chi connectivity index (χ0v) is 23.1. The summed E-state index contributed by atoms with van der Waals surface area (Å²) < 4.78 is 31.7. The highest BCUT2D eigenvalue weighted by molar-refractivity contribution is 7.91. The Morgan fingerprint density at radius 3 is 2.14 bits per heavy atom. The second-order valence-electron chi connectivity index (χ2n) is 7.84. The molecule has 6 nitrogen and oxygen atoms in total. The molecule has 0 saturated heterocycles. The maximum atomic E-state index is 13.0. The molecule has 0 aliphatic heterocycles. The summed E-state index contributed by atoms with van der Waals surface area (Å²) >= 11 is 5.89. The SMILES string of the molecule is CC.CCN(CC)c1ccc(NC(=O)OC(CS(=O)(=O)c2ccc(Cl)cc2)c2ccccc2)c(C)c1. The first kappa shape index (κ1) is 29.2. The molecule has 0 aliphatic rings. The van der Waals surface area contributed by atoms with Crippen LogP contribution in [0.3, 0.4) is 0 Å². The highest BCUT2D eigenvalue weighted by Crippen LogP contribution is 2.26. The van der Waals surface area contributed by atoms with E-state index in [1.807, 2.05) is 45.0 Å². The van der Waals surface area contributed by atoms with Gasteiger partial charge in [0.15, 0.2) is 9.84 Å². The van der Waals surface area contributed by atoms with Crippen LogP contribution in [0.2, 0.25) is 5.02 Å². The second-order valence-corrected chi connectivity index (χ2v) is 10.3. The van der Waals surface area contributed by atoms with Gasteiger partial charge in [-0.1, -0.05) is 55.8 Å². The number of rotatable bonds is 9. The quantitative estimate of drug-likeness (QED) is 0.314. The minimum absolute atomic E-state index is 0.115. The van der Waals surface area contributed by atoms with E-state index in [-0.39, 0.29) is 4.90 Å². The van der Waals surface area contributed by atoms with Gasteiger partial charge in [-0.05, 0) is 74.4 Å². The Balaban J connectivity index is 0.00000222.